The fourth-order valence-electron chi connectivity index (χ4n) is 5.52. The van der Waals surface area contributed by atoms with Crippen molar-refractivity contribution in [3.63, 3.8) is 0 Å². The highest BCUT2D eigenvalue weighted by Gasteiger charge is 2.51. The van der Waals surface area contributed by atoms with E-state index in [0.717, 1.165) is 11.8 Å². The Morgan fingerprint density at radius 1 is 0.667 bits per heavy atom. The van der Waals surface area contributed by atoms with E-state index in [1.807, 2.05) is 0 Å². The van der Waals surface area contributed by atoms with Gasteiger partial charge in [0.2, 0.25) is 0 Å². The fraction of sp³-hybridized carbons (Fsp3) is 0.429. The van der Waals surface area contributed by atoms with Gasteiger partial charge in [0.15, 0.2) is 0 Å². The summed E-state index contributed by atoms with van der Waals surface area (Å²) in [6.45, 7) is -1.27. The van der Waals surface area contributed by atoms with Gasteiger partial charge in [-0.3, -0.25) is 0 Å². The number of benzene rings is 2. The minimum absolute atomic E-state index is 0.268. The van der Waals surface area contributed by atoms with Gasteiger partial charge in [0.1, 0.15) is 82.6 Å². The summed E-state index contributed by atoms with van der Waals surface area (Å²) in [4.78, 5) is 0. The molecule has 45 heavy (non-hydrogen) atoms. The average molecular weight is 649 g/mol. The lowest BCUT2D eigenvalue weighted by molar-refractivity contribution is -0.189. The van der Waals surface area contributed by atoms with E-state index in [0.29, 0.717) is 11.1 Å². The van der Waals surface area contributed by atoms with Crippen molar-refractivity contribution in [1.29, 1.82) is 0 Å². The fourth-order valence-corrected chi connectivity index (χ4v) is 6.84. The summed E-state index contributed by atoms with van der Waals surface area (Å²) < 4.78 is 41.5. The zero-order valence-electron chi connectivity index (χ0n) is 23.3. The standard InChI is InChI=1S/C28H30F2N6O8S/c29-15-5-1-3-13(7-15)17-9-35(33-31-17)21-23(39)19(11-37)43-27(25(21)41)45-28-26(42)22(24(40)20(12-38)44-28)36-10-18(32-34-36)14-4-2-6-16(30)8-14/h1-10,19-28,37-42H,11-12H2/t19?,20?,21-,22?,23-,24-,25?,26+,27-,28-/m0/s1. The molecular weight excluding hydrogens is 618 g/mol. The molecule has 6 N–H and O–H groups in total. The smallest absolute Gasteiger partial charge is 0.134 e. The molecule has 6 rings (SSSR count). The quantitative estimate of drug-likeness (QED) is 0.148. The number of hydrogen-bond donors (Lipinski definition) is 6. The van der Waals surface area contributed by atoms with Gasteiger partial charge < -0.3 is 40.1 Å². The predicted octanol–water partition coefficient (Wildman–Crippen LogP) is -0.125. The lowest BCUT2D eigenvalue weighted by Crippen LogP contribution is -2.58. The molecule has 2 aromatic carbocycles. The number of aliphatic hydroxyl groups excluding tert-OH is 6. The molecule has 2 fully saturated rings. The molecular formula is C28H30F2N6O8S. The molecule has 0 amide bonds. The van der Waals surface area contributed by atoms with Crippen LogP contribution in [0.4, 0.5) is 8.78 Å². The molecule has 0 aliphatic carbocycles. The SMILES string of the molecule is OCC1O[C@@H](S[C@@H]2OC(CO)[C@H](O)[C@H](n3cc(-c4cccc(F)c4)nn3)C2O)[C@H](O)C(n2cc(-c3cccc(F)c3)nn2)[C@H]1O. The van der Waals surface area contributed by atoms with Gasteiger partial charge in [-0.05, 0) is 24.3 Å². The molecule has 14 nitrogen and oxygen atoms in total. The van der Waals surface area contributed by atoms with Crippen LogP contribution in [0.15, 0.2) is 60.9 Å². The molecule has 0 saturated carbocycles. The lowest BCUT2D eigenvalue weighted by atomic mass is 9.97. The van der Waals surface area contributed by atoms with Crippen molar-refractivity contribution in [2.24, 2.45) is 0 Å². The Kier molecular flexibility index (Phi) is 9.23. The summed E-state index contributed by atoms with van der Waals surface area (Å²) >= 11 is 0.796. The van der Waals surface area contributed by atoms with E-state index in [-0.39, 0.29) is 11.4 Å². The molecule has 2 aliphatic heterocycles. The van der Waals surface area contributed by atoms with Crippen molar-refractivity contribution >= 4 is 11.8 Å². The molecule has 2 aliphatic rings. The van der Waals surface area contributed by atoms with Crippen LogP contribution in [0, 0.1) is 11.6 Å². The predicted molar refractivity (Wildman–Crippen MR) is 152 cm³/mol. The van der Waals surface area contributed by atoms with Crippen molar-refractivity contribution in [3.8, 4) is 22.5 Å². The van der Waals surface area contributed by atoms with Crippen LogP contribution in [0.5, 0.6) is 0 Å². The highest BCUT2D eigenvalue weighted by atomic mass is 32.2. The summed E-state index contributed by atoms with van der Waals surface area (Å²) in [5.74, 6) is -0.978. The Labute approximate surface area is 258 Å². The van der Waals surface area contributed by atoms with E-state index in [2.05, 4.69) is 20.6 Å². The van der Waals surface area contributed by atoms with Crippen molar-refractivity contribution in [3.05, 3.63) is 72.6 Å². The van der Waals surface area contributed by atoms with Crippen molar-refractivity contribution in [2.75, 3.05) is 13.2 Å². The van der Waals surface area contributed by atoms with Gasteiger partial charge in [-0.15, -0.1) is 10.2 Å². The normalized spacial score (nSPS) is 32.1. The highest BCUT2D eigenvalue weighted by Crippen LogP contribution is 2.42. The third-order valence-electron chi connectivity index (χ3n) is 7.84. The molecule has 0 spiro atoms. The van der Waals surface area contributed by atoms with Crippen molar-refractivity contribution < 1.29 is 48.9 Å². The van der Waals surface area contributed by atoms with Crippen LogP contribution in [0.2, 0.25) is 0 Å². The largest absolute Gasteiger partial charge is 0.394 e. The summed E-state index contributed by atoms with van der Waals surface area (Å²) in [6, 6.07) is 8.88. The number of ether oxygens (including phenoxy) is 2. The second kappa shape index (κ2) is 13.1. The Bertz CT molecular complexity index is 1500. The van der Waals surface area contributed by atoms with E-state index in [9.17, 15) is 39.4 Å². The highest BCUT2D eigenvalue weighted by molar-refractivity contribution is 8.00. The first-order chi connectivity index (χ1) is 21.7. The maximum Gasteiger partial charge on any atom is 0.134 e. The minimum Gasteiger partial charge on any atom is -0.394 e. The maximum atomic E-state index is 13.8. The van der Waals surface area contributed by atoms with Crippen LogP contribution in [0.25, 0.3) is 22.5 Å². The maximum absolute atomic E-state index is 13.8. The number of nitrogens with zero attached hydrogens (tertiary/aromatic N) is 6. The summed E-state index contributed by atoms with van der Waals surface area (Å²) in [6.07, 6.45) is -5.48. The van der Waals surface area contributed by atoms with E-state index in [1.165, 1.54) is 58.2 Å². The zero-order chi connectivity index (χ0) is 31.8. The molecule has 2 saturated heterocycles. The van der Waals surface area contributed by atoms with Gasteiger partial charge in [-0.2, -0.15) is 0 Å². The van der Waals surface area contributed by atoms with Crippen LogP contribution in [-0.4, -0.2) is 121 Å². The summed E-state index contributed by atoms with van der Waals surface area (Å²) in [5, 5.41) is 80.8. The number of thioether (sulfide) groups is 1. The van der Waals surface area contributed by atoms with Crippen molar-refractivity contribution in [2.45, 2.75) is 59.6 Å². The Balaban J connectivity index is 1.25. The van der Waals surface area contributed by atoms with E-state index >= 15 is 0 Å². The molecule has 4 heterocycles. The van der Waals surface area contributed by atoms with Crippen LogP contribution in [0.1, 0.15) is 12.1 Å². The van der Waals surface area contributed by atoms with E-state index in [1.54, 1.807) is 12.1 Å². The molecule has 0 radical (unpaired) electrons. The topological polar surface area (TPSA) is 201 Å². The minimum atomic E-state index is -1.51. The zero-order valence-corrected chi connectivity index (χ0v) is 24.1. The molecule has 4 aromatic rings. The van der Waals surface area contributed by atoms with Gasteiger partial charge in [0.05, 0.1) is 25.6 Å². The number of hydrogen-bond acceptors (Lipinski definition) is 13. The molecule has 2 aromatic heterocycles. The van der Waals surface area contributed by atoms with Crippen LogP contribution >= 0.6 is 11.8 Å². The van der Waals surface area contributed by atoms with Crippen LogP contribution < -0.4 is 0 Å². The van der Waals surface area contributed by atoms with E-state index < -0.39 is 84.4 Å². The number of halogens is 2. The first-order valence-electron chi connectivity index (χ1n) is 13.9. The summed E-state index contributed by atoms with van der Waals surface area (Å²) in [7, 11) is 0. The van der Waals surface area contributed by atoms with Gasteiger partial charge >= 0.3 is 0 Å². The van der Waals surface area contributed by atoms with Gasteiger partial charge in [-0.25, -0.2) is 18.1 Å². The second-order valence-electron chi connectivity index (χ2n) is 10.7. The number of aliphatic hydroxyl groups is 6. The third-order valence-corrected chi connectivity index (χ3v) is 9.15. The first-order valence-corrected chi connectivity index (χ1v) is 14.9. The molecule has 10 atom stereocenters. The number of rotatable bonds is 8. The Morgan fingerprint density at radius 3 is 1.47 bits per heavy atom. The average Bonchev–Trinajstić information content (AvgIpc) is 3.71. The first kappa shape index (κ1) is 31.6. The van der Waals surface area contributed by atoms with Crippen LogP contribution in [0.3, 0.4) is 0 Å². The monoisotopic (exact) mass is 648 g/mol. The van der Waals surface area contributed by atoms with Crippen molar-refractivity contribution in [1.82, 2.24) is 30.0 Å². The second-order valence-corrected chi connectivity index (χ2v) is 11.9. The lowest BCUT2D eigenvalue weighted by Gasteiger charge is -2.46. The Hall–Kier alpha value is -3.39. The molecule has 17 heteroatoms. The van der Waals surface area contributed by atoms with Crippen LogP contribution in [-0.2, 0) is 9.47 Å². The number of aromatic nitrogens is 6. The summed E-state index contributed by atoms with van der Waals surface area (Å²) in [5.41, 5.74) is -1.10. The molecule has 4 unspecified atom stereocenters. The molecule has 240 valence electrons. The Morgan fingerprint density at radius 2 is 1.09 bits per heavy atom. The van der Waals surface area contributed by atoms with Gasteiger partial charge in [0, 0.05) is 11.1 Å². The van der Waals surface area contributed by atoms with E-state index in [4.69, 9.17) is 9.47 Å². The molecule has 0 bridgehead atoms. The van der Waals surface area contributed by atoms with Gasteiger partial charge in [-0.1, -0.05) is 46.5 Å². The van der Waals surface area contributed by atoms with Gasteiger partial charge in [0.25, 0.3) is 0 Å². The third kappa shape index (κ3) is 6.23.